The molecule has 5 nitrogen and oxygen atoms in total. The second-order valence-corrected chi connectivity index (χ2v) is 7.96. The van der Waals surface area contributed by atoms with Crippen LogP contribution in [0, 0.1) is 5.82 Å². The Morgan fingerprint density at radius 2 is 1.86 bits per heavy atom. The van der Waals surface area contributed by atoms with Crippen molar-refractivity contribution in [2.45, 2.75) is 18.6 Å². The average Bonchev–Trinajstić information content (AvgIpc) is 2.68. The summed E-state index contributed by atoms with van der Waals surface area (Å²) in [4.78, 5) is 17.1. The van der Waals surface area contributed by atoms with Crippen molar-refractivity contribution in [3.63, 3.8) is 0 Å². The van der Waals surface area contributed by atoms with Crippen LogP contribution in [0.25, 0.3) is 0 Å². The molecule has 2 N–H and O–H groups in total. The number of fused-ring (bicyclic) bond motifs is 2. The normalized spacial score (nSPS) is 22.2. The molecule has 2 unspecified atom stereocenters. The Balaban J connectivity index is 1.43. The predicted molar refractivity (Wildman–Crippen MR) is 111 cm³/mol. The number of nitrogens with two attached hydrogens (primary N) is 1. The second-order valence-electron chi connectivity index (χ2n) is 7.52. The SMILES string of the molecule is Nc1cc(Cl)ccc1C(=O)C=CN1C2COCC1CN(Cc1ccc(F)cc1)C2. The first-order valence-electron chi connectivity index (χ1n) is 9.59. The third-order valence-electron chi connectivity index (χ3n) is 5.40. The Hall–Kier alpha value is -2.41. The van der Waals surface area contributed by atoms with Crippen molar-refractivity contribution in [3.8, 4) is 0 Å². The van der Waals surface area contributed by atoms with Crippen molar-refractivity contribution in [1.82, 2.24) is 9.80 Å². The maximum absolute atomic E-state index is 13.1. The van der Waals surface area contributed by atoms with E-state index in [0.717, 1.165) is 25.2 Å². The van der Waals surface area contributed by atoms with Gasteiger partial charge in [0.05, 0.1) is 25.3 Å². The lowest BCUT2D eigenvalue weighted by Crippen LogP contribution is -2.62. The number of hydrogen-bond donors (Lipinski definition) is 1. The molecule has 2 atom stereocenters. The molecule has 2 aliphatic heterocycles. The van der Waals surface area contributed by atoms with E-state index in [1.54, 1.807) is 24.3 Å². The summed E-state index contributed by atoms with van der Waals surface area (Å²) < 4.78 is 18.9. The Bertz CT molecular complexity index is 905. The molecule has 0 radical (unpaired) electrons. The molecule has 2 fully saturated rings. The number of carbonyl (C=O) groups excluding carboxylic acids is 1. The van der Waals surface area contributed by atoms with Gasteiger partial charge in [-0.2, -0.15) is 0 Å². The first-order chi connectivity index (χ1) is 14.0. The minimum Gasteiger partial charge on any atom is -0.398 e. The molecule has 2 aliphatic rings. The molecule has 0 aliphatic carbocycles. The number of allylic oxidation sites excluding steroid dienone is 1. The topological polar surface area (TPSA) is 58.8 Å². The predicted octanol–water partition coefficient (Wildman–Crippen LogP) is 3.34. The lowest BCUT2D eigenvalue weighted by atomic mass is 10.0. The van der Waals surface area contributed by atoms with E-state index in [2.05, 4.69) is 9.80 Å². The molecule has 0 aromatic heterocycles. The van der Waals surface area contributed by atoms with E-state index in [1.807, 2.05) is 18.3 Å². The van der Waals surface area contributed by atoms with Crippen LogP contribution < -0.4 is 5.73 Å². The van der Waals surface area contributed by atoms with E-state index >= 15 is 0 Å². The number of rotatable bonds is 5. The van der Waals surface area contributed by atoms with Gasteiger partial charge in [0, 0.05) is 48.2 Å². The van der Waals surface area contributed by atoms with Crippen LogP contribution in [-0.2, 0) is 11.3 Å². The molecular weight excluding hydrogens is 393 g/mol. The fraction of sp³-hybridized carbons (Fsp3) is 0.318. The first-order valence-corrected chi connectivity index (χ1v) is 9.97. The first kappa shape index (κ1) is 19.9. The van der Waals surface area contributed by atoms with Gasteiger partial charge in [-0.05, 0) is 35.9 Å². The molecule has 152 valence electrons. The van der Waals surface area contributed by atoms with E-state index in [4.69, 9.17) is 22.1 Å². The number of ketones is 1. The maximum Gasteiger partial charge on any atom is 0.189 e. The summed E-state index contributed by atoms with van der Waals surface area (Å²) in [6.07, 6.45) is 3.43. The molecule has 2 bridgehead atoms. The number of nitrogens with zero attached hydrogens (tertiary/aromatic N) is 2. The van der Waals surface area contributed by atoms with Gasteiger partial charge in [0.15, 0.2) is 5.78 Å². The van der Waals surface area contributed by atoms with Crippen LogP contribution in [0.3, 0.4) is 0 Å². The fourth-order valence-electron chi connectivity index (χ4n) is 4.00. The van der Waals surface area contributed by atoms with Crippen molar-refractivity contribution in [3.05, 3.63) is 76.7 Å². The maximum atomic E-state index is 13.1. The highest BCUT2D eigenvalue weighted by atomic mass is 35.5. The van der Waals surface area contributed by atoms with E-state index in [9.17, 15) is 9.18 Å². The molecule has 0 saturated carbocycles. The summed E-state index contributed by atoms with van der Waals surface area (Å²) in [6, 6.07) is 11.8. The van der Waals surface area contributed by atoms with E-state index in [-0.39, 0.29) is 23.7 Å². The Labute approximate surface area is 174 Å². The van der Waals surface area contributed by atoms with Gasteiger partial charge in [-0.3, -0.25) is 9.69 Å². The number of anilines is 1. The highest BCUT2D eigenvalue weighted by Gasteiger charge is 2.36. The monoisotopic (exact) mass is 415 g/mol. The summed E-state index contributed by atoms with van der Waals surface area (Å²) in [5.41, 5.74) is 7.83. The van der Waals surface area contributed by atoms with Gasteiger partial charge in [0.25, 0.3) is 0 Å². The Morgan fingerprint density at radius 3 is 2.52 bits per heavy atom. The van der Waals surface area contributed by atoms with E-state index < -0.39 is 0 Å². The van der Waals surface area contributed by atoms with Crippen LogP contribution in [-0.4, -0.2) is 54.0 Å². The smallest absolute Gasteiger partial charge is 0.189 e. The molecule has 0 spiro atoms. The van der Waals surface area contributed by atoms with Gasteiger partial charge in [-0.25, -0.2) is 4.39 Å². The number of piperazine rings is 1. The number of morpholine rings is 1. The third-order valence-corrected chi connectivity index (χ3v) is 5.63. The molecule has 7 heteroatoms. The lowest BCUT2D eigenvalue weighted by Gasteiger charge is -2.49. The molecule has 2 aromatic rings. The molecular formula is C22H23ClFN3O2. The Kier molecular flexibility index (Phi) is 5.85. The summed E-state index contributed by atoms with van der Waals surface area (Å²) >= 11 is 5.91. The summed E-state index contributed by atoms with van der Waals surface area (Å²) in [6.45, 7) is 3.62. The summed E-state index contributed by atoms with van der Waals surface area (Å²) in [7, 11) is 0. The van der Waals surface area contributed by atoms with Gasteiger partial charge in [-0.1, -0.05) is 23.7 Å². The quantitative estimate of drug-likeness (QED) is 0.461. The molecule has 2 saturated heterocycles. The molecule has 2 aromatic carbocycles. The third kappa shape index (κ3) is 4.61. The van der Waals surface area contributed by atoms with Crippen LogP contribution in [0.2, 0.25) is 5.02 Å². The Morgan fingerprint density at radius 1 is 1.17 bits per heavy atom. The molecule has 4 rings (SSSR count). The van der Waals surface area contributed by atoms with Crippen LogP contribution in [0.4, 0.5) is 10.1 Å². The van der Waals surface area contributed by atoms with Crippen molar-refractivity contribution in [1.29, 1.82) is 0 Å². The van der Waals surface area contributed by atoms with Gasteiger partial charge >= 0.3 is 0 Å². The molecule has 0 amide bonds. The minimum atomic E-state index is -0.222. The highest BCUT2D eigenvalue weighted by Crippen LogP contribution is 2.24. The summed E-state index contributed by atoms with van der Waals surface area (Å²) in [5, 5.41) is 0.506. The molecule has 29 heavy (non-hydrogen) atoms. The number of hydrogen-bond acceptors (Lipinski definition) is 5. The van der Waals surface area contributed by atoms with Crippen molar-refractivity contribution in [2.24, 2.45) is 0 Å². The van der Waals surface area contributed by atoms with Crippen LogP contribution in [0.1, 0.15) is 15.9 Å². The van der Waals surface area contributed by atoms with Crippen molar-refractivity contribution in [2.75, 3.05) is 32.0 Å². The highest BCUT2D eigenvalue weighted by molar-refractivity contribution is 6.31. The average molecular weight is 416 g/mol. The zero-order valence-corrected chi connectivity index (χ0v) is 16.7. The number of nitrogen functional groups attached to an aromatic ring is 1. The van der Waals surface area contributed by atoms with E-state index in [0.29, 0.717) is 29.5 Å². The largest absolute Gasteiger partial charge is 0.398 e. The van der Waals surface area contributed by atoms with Crippen LogP contribution >= 0.6 is 11.6 Å². The standard InChI is InChI=1S/C22H23ClFN3O2/c23-16-3-6-20(21(25)9-16)22(28)7-8-27-18-11-26(12-19(27)14-29-13-18)10-15-1-4-17(24)5-2-15/h1-9,18-19H,10-14,25H2. The van der Waals surface area contributed by atoms with Gasteiger partial charge in [0.2, 0.25) is 0 Å². The van der Waals surface area contributed by atoms with Gasteiger partial charge in [-0.15, -0.1) is 0 Å². The van der Waals surface area contributed by atoms with Crippen LogP contribution in [0.15, 0.2) is 54.7 Å². The summed E-state index contributed by atoms with van der Waals surface area (Å²) in [5.74, 6) is -0.369. The number of ether oxygens (including phenoxy) is 1. The zero-order valence-electron chi connectivity index (χ0n) is 15.9. The number of benzene rings is 2. The number of halogens is 2. The fourth-order valence-corrected chi connectivity index (χ4v) is 4.18. The van der Waals surface area contributed by atoms with Gasteiger partial charge in [0.1, 0.15) is 5.82 Å². The molecule has 2 heterocycles. The van der Waals surface area contributed by atoms with Crippen molar-refractivity contribution >= 4 is 23.1 Å². The van der Waals surface area contributed by atoms with Crippen LogP contribution in [0.5, 0.6) is 0 Å². The zero-order chi connectivity index (χ0) is 20.4. The van der Waals surface area contributed by atoms with E-state index in [1.165, 1.54) is 12.1 Å². The minimum absolute atomic E-state index is 0.146. The van der Waals surface area contributed by atoms with Crippen molar-refractivity contribution < 1.29 is 13.9 Å². The second kappa shape index (κ2) is 8.53. The number of carbonyl (C=O) groups is 1. The van der Waals surface area contributed by atoms with Gasteiger partial charge < -0.3 is 15.4 Å². The lowest BCUT2D eigenvalue weighted by molar-refractivity contribution is -0.0767.